The van der Waals surface area contributed by atoms with E-state index in [1.165, 1.54) is 16.7 Å². The average molecular weight is 156 g/mol. The summed E-state index contributed by atoms with van der Waals surface area (Å²) < 4.78 is 12.7. The lowest BCUT2D eigenvalue weighted by atomic mass is 10.3. The Morgan fingerprint density at radius 2 is 2.50 bits per heavy atom. The molecule has 52 valence electrons. The Morgan fingerprint density at radius 1 is 1.80 bits per heavy atom. The number of hydrogen-bond donors (Lipinski definition) is 1. The molecule has 0 amide bonds. The van der Waals surface area contributed by atoms with Crippen LogP contribution in [0.15, 0.2) is 5.38 Å². The van der Waals surface area contributed by atoms with Crippen LogP contribution in [0.25, 0.3) is 0 Å². The van der Waals surface area contributed by atoms with Crippen LogP contribution in [0, 0.1) is 17.1 Å². The van der Waals surface area contributed by atoms with E-state index < -0.39 is 5.82 Å². The highest BCUT2D eigenvalue weighted by Gasteiger charge is 2.08. The molecule has 0 bridgehead atoms. The van der Waals surface area contributed by atoms with Crippen molar-refractivity contribution >= 4 is 11.3 Å². The van der Waals surface area contributed by atoms with E-state index in [1.807, 2.05) is 0 Å². The molecular weight excluding hydrogens is 151 g/mol. The van der Waals surface area contributed by atoms with Gasteiger partial charge in [-0.2, -0.15) is 5.26 Å². The van der Waals surface area contributed by atoms with Gasteiger partial charge in [0.25, 0.3) is 0 Å². The first kappa shape index (κ1) is 7.19. The van der Waals surface area contributed by atoms with Crippen molar-refractivity contribution in [2.75, 3.05) is 0 Å². The molecule has 0 spiro atoms. The molecule has 0 unspecified atom stereocenters. The van der Waals surface area contributed by atoms with Crippen LogP contribution in [-0.2, 0) is 6.54 Å². The van der Waals surface area contributed by atoms with Crippen LogP contribution < -0.4 is 5.73 Å². The molecule has 0 saturated heterocycles. The van der Waals surface area contributed by atoms with Crippen LogP contribution in [0.4, 0.5) is 4.39 Å². The van der Waals surface area contributed by atoms with Gasteiger partial charge in [0.1, 0.15) is 6.07 Å². The molecule has 0 fully saturated rings. The standard InChI is InChI=1S/C6H5FN2S/c7-6-4(1-8)3-10-5(6)2-9/h3H,2,9H2. The van der Waals surface area contributed by atoms with Crippen LogP contribution in [-0.4, -0.2) is 0 Å². The molecule has 0 aliphatic carbocycles. The van der Waals surface area contributed by atoms with E-state index in [4.69, 9.17) is 11.0 Å². The van der Waals surface area contributed by atoms with Crippen molar-refractivity contribution in [3.63, 3.8) is 0 Å². The molecule has 0 aromatic carbocycles. The minimum atomic E-state index is -0.463. The molecule has 1 aromatic rings. The van der Waals surface area contributed by atoms with Gasteiger partial charge in [0.15, 0.2) is 5.82 Å². The monoisotopic (exact) mass is 156 g/mol. The summed E-state index contributed by atoms with van der Waals surface area (Å²) in [5.74, 6) is -0.463. The third kappa shape index (κ3) is 1.01. The van der Waals surface area contributed by atoms with Gasteiger partial charge < -0.3 is 5.73 Å². The maximum Gasteiger partial charge on any atom is 0.156 e. The Balaban J connectivity index is 3.12. The van der Waals surface area contributed by atoms with Crippen molar-refractivity contribution in [3.05, 3.63) is 21.6 Å². The van der Waals surface area contributed by atoms with Crippen molar-refractivity contribution in [2.24, 2.45) is 5.73 Å². The quantitative estimate of drug-likeness (QED) is 0.664. The summed E-state index contributed by atoms with van der Waals surface area (Å²) in [4.78, 5) is 0.441. The van der Waals surface area contributed by atoms with Crippen LogP contribution >= 0.6 is 11.3 Å². The summed E-state index contributed by atoms with van der Waals surface area (Å²) in [7, 11) is 0. The summed E-state index contributed by atoms with van der Waals surface area (Å²) in [6.45, 7) is 0.165. The molecule has 10 heavy (non-hydrogen) atoms. The summed E-state index contributed by atoms with van der Waals surface area (Å²) in [6.07, 6.45) is 0. The summed E-state index contributed by atoms with van der Waals surface area (Å²) in [6, 6.07) is 1.73. The minimum absolute atomic E-state index is 0.0884. The molecule has 0 saturated carbocycles. The van der Waals surface area contributed by atoms with E-state index in [9.17, 15) is 4.39 Å². The molecule has 1 aromatic heterocycles. The Hall–Kier alpha value is -0.920. The summed E-state index contributed by atoms with van der Waals surface area (Å²) >= 11 is 1.18. The average Bonchev–Trinajstić information content (AvgIpc) is 2.30. The van der Waals surface area contributed by atoms with E-state index in [0.717, 1.165) is 0 Å². The second kappa shape index (κ2) is 2.78. The van der Waals surface area contributed by atoms with Crippen molar-refractivity contribution < 1.29 is 4.39 Å². The van der Waals surface area contributed by atoms with Gasteiger partial charge in [-0.25, -0.2) is 4.39 Å². The fourth-order valence-corrected chi connectivity index (χ4v) is 1.32. The van der Waals surface area contributed by atoms with Gasteiger partial charge in [-0.1, -0.05) is 0 Å². The number of thiophene rings is 1. The number of rotatable bonds is 1. The van der Waals surface area contributed by atoms with E-state index in [-0.39, 0.29) is 12.1 Å². The SMILES string of the molecule is N#Cc1csc(CN)c1F. The molecule has 1 rings (SSSR count). The number of nitrogens with two attached hydrogens (primary N) is 1. The normalized spacial score (nSPS) is 9.30. The summed E-state index contributed by atoms with van der Waals surface area (Å²) in [5.41, 5.74) is 5.27. The molecule has 0 aliphatic rings. The molecule has 0 aliphatic heterocycles. The third-order valence-electron chi connectivity index (χ3n) is 1.11. The largest absolute Gasteiger partial charge is 0.326 e. The van der Waals surface area contributed by atoms with Crippen LogP contribution in [0.3, 0.4) is 0 Å². The van der Waals surface area contributed by atoms with E-state index in [1.54, 1.807) is 6.07 Å². The van der Waals surface area contributed by atoms with Gasteiger partial charge in [-0.3, -0.25) is 0 Å². The van der Waals surface area contributed by atoms with Crippen LogP contribution in [0.5, 0.6) is 0 Å². The first-order chi connectivity index (χ1) is 4.79. The second-order valence-corrected chi connectivity index (χ2v) is 2.67. The zero-order valence-corrected chi connectivity index (χ0v) is 5.91. The van der Waals surface area contributed by atoms with Crippen LogP contribution in [0.1, 0.15) is 10.4 Å². The molecule has 2 N–H and O–H groups in total. The summed E-state index contributed by atoms with van der Waals surface area (Å²) in [5, 5.41) is 9.77. The molecule has 2 nitrogen and oxygen atoms in total. The lowest BCUT2D eigenvalue weighted by Crippen LogP contribution is -1.95. The van der Waals surface area contributed by atoms with Crippen molar-refractivity contribution in [1.29, 1.82) is 5.26 Å². The first-order valence-corrected chi connectivity index (χ1v) is 3.53. The number of nitriles is 1. The molecule has 1 heterocycles. The lowest BCUT2D eigenvalue weighted by molar-refractivity contribution is 0.615. The highest BCUT2D eigenvalue weighted by molar-refractivity contribution is 7.10. The highest BCUT2D eigenvalue weighted by Crippen LogP contribution is 2.18. The van der Waals surface area contributed by atoms with Crippen molar-refractivity contribution in [3.8, 4) is 6.07 Å². The van der Waals surface area contributed by atoms with E-state index in [0.29, 0.717) is 4.88 Å². The third-order valence-corrected chi connectivity index (χ3v) is 2.09. The predicted octanol–water partition coefficient (Wildman–Crippen LogP) is 1.22. The topological polar surface area (TPSA) is 49.8 Å². The number of halogens is 1. The van der Waals surface area contributed by atoms with Gasteiger partial charge >= 0.3 is 0 Å². The van der Waals surface area contributed by atoms with E-state index >= 15 is 0 Å². The first-order valence-electron chi connectivity index (χ1n) is 2.65. The maximum absolute atomic E-state index is 12.7. The van der Waals surface area contributed by atoms with Gasteiger partial charge in [-0.05, 0) is 0 Å². The fourth-order valence-electron chi connectivity index (χ4n) is 0.597. The molecule has 0 radical (unpaired) electrons. The predicted molar refractivity (Wildman–Crippen MR) is 36.9 cm³/mol. The Kier molecular flexibility index (Phi) is 2.00. The Labute approximate surface area is 61.7 Å². The zero-order chi connectivity index (χ0) is 7.56. The van der Waals surface area contributed by atoms with E-state index in [2.05, 4.69) is 0 Å². The lowest BCUT2D eigenvalue weighted by Gasteiger charge is -1.86. The molecular formula is C6H5FN2S. The van der Waals surface area contributed by atoms with Crippen molar-refractivity contribution in [1.82, 2.24) is 0 Å². The number of nitrogens with zero attached hydrogens (tertiary/aromatic N) is 1. The van der Waals surface area contributed by atoms with Gasteiger partial charge in [-0.15, -0.1) is 11.3 Å². The van der Waals surface area contributed by atoms with Crippen molar-refractivity contribution in [2.45, 2.75) is 6.54 Å². The minimum Gasteiger partial charge on any atom is -0.326 e. The van der Waals surface area contributed by atoms with Gasteiger partial charge in [0.05, 0.1) is 10.4 Å². The molecule has 0 atom stereocenters. The fraction of sp³-hybridized carbons (Fsp3) is 0.167. The van der Waals surface area contributed by atoms with Gasteiger partial charge in [0, 0.05) is 11.9 Å². The molecule has 4 heteroatoms. The van der Waals surface area contributed by atoms with Gasteiger partial charge in [0.2, 0.25) is 0 Å². The second-order valence-electron chi connectivity index (χ2n) is 1.70. The highest BCUT2D eigenvalue weighted by atomic mass is 32.1. The zero-order valence-electron chi connectivity index (χ0n) is 5.10. The Bertz CT molecular complexity index is 274. The number of hydrogen-bond acceptors (Lipinski definition) is 3. The maximum atomic E-state index is 12.7. The smallest absolute Gasteiger partial charge is 0.156 e. The van der Waals surface area contributed by atoms with Crippen LogP contribution in [0.2, 0.25) is 0 Å². The Morgan fingerprint density at radius 3 is 2.80 bits per heavy atom.